The van der Waals surface area contributed by atoms with Crippen molar-refractivity contribution >= 4 is 52.5 Å². The van der Waals surface area contributed by atoms with Crippen LogP contribution in [0.5, 0.6) is 0 Å². The number of nitrogens with zero attached hydrogens (tertiary/aromatic N) is 1. The first-order chi connectivity index (χ1) is 15.7. The topological polar surface area (TPSA) is 153 Å². The van der Waals surface area contributed by atoms with E-state index >= 15 is 0 Å². The number of halogens is 1. The van der Waals surface area contributed by atoms with E-state index in [0.29, 0.717) is 0 Å². The summed E-state index contributed by atoms with van der Waals surface area (Å²) in [5.41, 5.74) is 11.1. The van der Waals surface area contributed by atoms with E-state index in [1.165, 1.54) is 36.4 Å². The Bertz CT molecular complexity index is 1350. The van der Waals surface area contributed by atoms with Gasteiger partial charge < -0.3 is 16.8 Å². The lowest BCUT2D eigenvalue weighted by Crippen LogP contribution is -2.29. The first kappa shape index (κ1) is 21.7. The van der Waals surface area contributed by atoms with Gasteiger partial charge in [0.1, 0.15) is 0 Å². The number of rotatable bonds is 5. The Morgan fingerprint density at radius 1 is 0.758 bits per heavy atom. The Hall–Kier alpha value is -4.50. The van der Waals surface area contributed by atoms with Crippen LogP contribution in [0.3, 0.4) is 0 Å². The monoisotopic (exact) mass is 462 g/mol. The third-order valence-corrected chi connectivity index (χ3v) is 5.32. The molecule has 1 aliphatic rings. The molecule has 3 aromatic carbocycles. The number of nitrogens with one attached hydrogen (secondary N) is 1. The third-order valence-electron chi connectivity index (χ3n) is 5.00. The van der Waals surface area contributed by atoms with E-state index in [0.717, 1.165) is 4.90 Å². The number of benzene rings is 3. The van der Waals surface area contributed by atoms with Gasteiger partial charge in [0.15, 0.2) is 0 Å². The zero-order valence-electron chi connectivity index (χ0n) is 16.8. The lowest BCUT2D eigenvalue weighted by Gasteiger charge is -2.15. The van der Waals surface area contributed by atoms with Gasteiger partial charge in [-0.2, -0.15) is 0 Å². The fourth-order valence-corrected chi connectivity index (χ4v) is 3.64. The Kier molecular flexibility index (Phi) is 5.40. The summed E-state index contributed by atoms with van der Waals surface area (Å²) in [5, 5.41) is 2.76. The van der Waals surface area contributed by atoms with Crippen LogP contribution in [0.1, 0.15) is 51.8 Å². The number of carbonyl (C=O) groups excluding carboxylic acids is 5. The number of primary amides is 2. The number of imide groups is 1. The fourth-order valence-electron chi connectivity index (χ4n) is 3.42. The maximum atomic E-state index is 12.9. The second-order valence-electron chi connectivity index (χ2n) is 7.14. The first-order valence-corrected chi connectivity index (χ1v) is 9.88. The summed E-state index contributed by atoms with van der Waals surface area (Å²) >= 11 is 6.14. The molecule has 0 saturated heterocycles. The van der Waals surface area contributed by atoms with Gasteiger partial charge in [-0.1, -0.05) is 23.7 Å². The van der Waals surface area contributed by atoms with Crippen LogP contribution in [0.4, 0.5) is 11.4 Å². The number of hydrogen-bond donors (Lipinski definition) is 3. The van der Waals surface area contributed by atoms with Crippen LogP contribution >= 0.6 is 11.6 Å². The maximum Gasteiger partial charge on any atom is 0.266 e. The molecule has 0 bridgehead atoms. The van der Waals surface area contributed by atoms with Gasteiger partial charge >= 0.3 is 0 Å². The van der Waals surface area contributed by atoms with Crippen LogP contribution in [-0.4, -0.2) is 29.5 Å². The van der Waals surface area contributed by atoms with E-state index in [9.17, 15) is 24.0 Å². The Morgan fingerprint density at radius 3 is 1.97 bits per heavy atom. The molecular formula is C23H15ClN4O5. The molecule has 0 unspecified atom stereocenters. The number of para-hydroxylation sites is 1. The van der Waals surface area contributed by atoms with Gasteiger partial charge in [-0.3, -0.25) is 24.0 Å². The van der Waals surface area contributed by atoms with E-state index in [1.807, 2.05) is 0 Å². The van der Waals surface area contributed by atoms with E-state index in [4.69, 9.17) is 23.1 Å². The molecule has 33 heavy (non-hydrogen) atoms. The van der Waals surface area contributed by atoms with Gasteiger partial charge in [-0.25, -0.2) is 4.90 Å². The number of nitrogens with two attached hydrogens (primary N) is 2. The minimum Gasteiger partial charge on any atom is -0.366 e. The summed E-state index contributed by atoms with van der Waals surface area (Å²) in [4.78, 5) is 62.5. The number of carbonyl (C=O) groups is 5. The largest absolute Gasteiger partial charge is 0.366 e. The normalized spacial score (nSPS) is 12.5. The van der Waals surface area contributed by atoms with E-state index in [1.54, 1.807) is 24.3 Å². The second kappa shape index (κ2) is 8.21. The highest BCUT2D eigenvalue weighted by molar-refractivity contribution is 6.40. The van der Waals surface area contributed by atoms with Crippen molar-refractivity contribution in [3.05, 3.63) is 93.5 Å². The summed E-state index contributed by atoms with van der Waals surface area (Å²) in [6.45, 7) is 0. The number of fused-ring (bicyclic) bond motifs is 1. The molecule has 0 spiro atoms. The van der Waals surface area contributed by atoms with Crippen LogP contribution in [0.2, 0.25) is 5.02 Å². The van der Waals surface area contributed by atoms with Crippen LogP contribution < -0.4 is 21.7 Å². The van der Waals surface area contributed by atoms with Crippen LogP contribution in [-0.2, 0) is 0 Å². The van der Waals surface area contributed by atoms with Crippen molar-refractivity contribution < 1.29 is 24.0 Å². The number of anilines is 2. The van der Waals surface area contributed by atoms with E-state index in [-0.39, 0.29) is 44.2 Å². The summed E-state index contributed by atoms with van der Waals surface area (Å²) < 4.78 is 0. The van der Waals surface area contributed by atoms with Crippen molar-refractivity contribution in [2.24, 2.45) is 11.5 Å². The van der Waals surface area contributed by atoms with E-state index < -0.39 is 29.5 Å². The average Bonchev–Trinajstić information content (AvgIpc) is 3.03. The summed E-state index contributed by atoms with van der Waals surface area (Å²) in [5.74, 6) is -3.45. The molecule has 0 aromatic heterocycles. The Morgan fingerprint density at radius 2 is 1.36 bits per heavy atom. The average molecular weight is 463 g/mol. The summed E-state index contributed by atoms with van der Waals surface area (Å²) in [6.07, 6.45) is 0. The molecule has 5 N–H and O–H groups in total. The lowest BCUT2D eigenvalue weighted by molar-refractivity contribution is 0.0922. The second-order valence-corrected chi connectivity index (χ2v) is 7.55. The maximum absolute atomic E-state index is 12.9. The molecule has 9 nitrogen and oxygen atoms in total. The van der Waals surface area contributed by atoms with Gasteiger partial charge in [0.05, 0.1) is 21.8 Å². The van der Waals surface area contributed by atoms with Crippen molar-refractivity contribution in [3.63, 3.8) is 0 Å². The molecule has 5 amide bonds. The Labute approximate surface area is 191 Å². The standard InChI is InChI=1S/C23H15ClN4O5/c24-17-3-1-2-4-18(17)28-22(32)15-6-5-11(10-16(15)23(28)33)21(31)27-14-8-12(19(25)29)7-13(9-14)20(26)30/h1-10H,(H2,25,29)(H2,26,30)(H,27,31). The molecule has 0 atom stereocenters. The van der Waals surface area contributed by atoms with Crippen molar-refractivity contribution in [1.29, 1.82) is 0 Å². The fraction of sp³-hybridized carbons (Fsp3) is 0. The summed E-state index contributed by atoms with van der Waals surface area (Å²) in [7, 11) is 0. The molecule has 1 heterocycles. The molecule has 0 fully saturated rings. The van der Waals surface area contributed by atoms with Crippen molar-refractivity contribution in [1.82, 2.24) is 0 Å². The van der Waals surface area contributed by atoms with Crippen LogP contribution in [0.25, 0.3) is 0 Å². The molecule has 4 rings (SSSR count). The first-order valence-electron chi connectivity index (χ1n) is 9.51. The Balaban J connectivity index is 1.65. The SMILES string of the molecule is NC(=O)c1cc(NC(=O)c2ccc3c(c2)C(=O)N(c2ccccc2Cl)C3=O)cc(C(N)=O)c1. The van der Waals surface area contributed by atoms with Crippen molar-refractivity contribution in [3.8, 4) is 0 Å². The zero-order valence-corrected chi connectivity index (χ0v) is 17.6. The minimum atomic E-state index is -0.810. The van der Waals surface area contributed by atoms with Gasteiger partial charge in [-0.15, -0.1) is 0 Å². The highest BCUT2D eigenvalue weighted by atomic mass is 35.5. The molecule has 0 saturated carbocycles. The molecule has 10 heteroatoms. The predicted molar refractivity (Wildman–Crippen MR) is 120 cm³/mol. The molecule has 0 aliphatic carbocycles. The quantitative estimate of drug-likeness (QED) is 0.497. The minimum absolute atomic E-state index is 0.0216. The molecule has 164 valence electrons. The van der Waals surface area contributed by atoms with Gasteiger partial charge in [0, 0.05) is 22.4 Å². The highest BCUT2D eigenvalue weighted by Gasteiger charge is 2.38. The number of hydrogen-bond acceptors (Lipinski definition) is 5. The zero-order chi connectivity index (χ0) is 23.9. The third kappa shape index (κ3) is 3.92. The van der Waals surface area contributed by atoms with Gasteiger partial charge in [0.2, 0.25) is 11.8 Å². The lowest BCUT2D eigenvalue weighted by atomic mass is 10.0. The summed E-state index contributed by atoms with van der Waals surface area (Å²) in [6, 6.07) is 14.2. The molecule has 0 radical (unpaired) electrons. The van der Waals surface area contributed by atoms with Crippen LogP contribution in [0.15, 0.2) is 60.7 Å². The number of amides is 5. The smallest absolute Gasteiger partial charge is 0.266 e. The highest BCUT2D eigenvalue weighted by Crippen LogP contribution is 2.33. The van der Waals surface area contributed by atoms with Crippen LogP contribution in [0, 0.1) is 0 Å². The van der Waals surface area contributed by atoms with Gasteiger partial charge in [-0.05, 0) is 48.5 Å². The van der Waals surface area contributed by atoms with E-state index in [2.05, 4.69) is 5.32 Å². The van der Waals surface area contributed by atoms with Crippen molar-refractivity contribution in [2.45, 2.75) is 0 Å². The molecule has 1 aliphatic heterocycles. The molecular weight excluding hydrogens is 448 g/mol. The molecule has 3 aromatic rings. The van der Waals surface area contributed by atoms with Crippen molar-refractivity contribution in [2.75, 3.05) is 10.2 Å². The predicted octanol–water partition coefficient (Wildman–Crippen LogP) is 2.59. The van der Waals surface area contributed by atoms with Gasteiger partial charge in [0.25, 0.3) is 17.7 Å².